The van der Waals surface area contributed by atoms with Crippen LogP contribution in [0.2, 0.25) is 0 Å². The lowest BCUT2D eigenvalue weighted by Gasteiger charge is -1.91. The van der Waals surface area contributed by atoms with Crippen LogP contribution >= 0.6 is 0 Å². The van der Waals surface area contributed by atoms with Gasteiger partial charge in [-0.15, -0.1) is 0 Å². The third kappa shape index (κ3) is 0.698. The van der Waals surface area contributed by atoms with Gasteiger partial charge in [0, 0.05) is 7.05 Å². The van der Waals surface area contributed by atoms with Crippen molar-refractivity contribution in [2.24, 2.45) is 7.05 Å². The number of hydrogen-bond donors (Lipinski definition) is 1. The first-order chi connectivity index (χ1) is 5.70. The summed E-state index contributed by atoms with van der Waals surface area (Å²) < 4.78 is 5.45. The number of aromatic nitrogens is 4. The van der Waals surface area contributed by atoms with Gasteiger partial charge in [-0.2, -0.15) is 0 Å². The van der Waals surface area contributed by atoms with Gasteiger partial charge in [0.2, 0.25) is 11.2 Å². The maximum atomic E-state index is 11.0. The van der Waals surface area contributed by atoms with Crippen LogP contribution in [-0.4, -0.2) is 19.9 Å². The quantitative estimate of drug-likeness (QED) is 0.522. The van der Waals surface area contributed by atoms with Gasteiger partial charge in [-0.05, 0) is 10.3 Å². The Labute approximate surface area is 64.6 Å². The van der Waals surface area contributed by atoms with Gasteiger partial charge < -0.3 is 0 Å². The molecule has 0 saturated carbocycles. The molecule has 0 fully saturated rings. The number of rotatable bonds is 0. The maximum Gasteiger partial charge on any atom is 0.329 e. The van der Waals surface area contributed by atoms with E-state index in [1.807, 2.05) is 0 Å². The molecule has 2 heterocycles. The summed E-state index contributed by atoms with van der Waals surface area (Å²) in [5.41, 5.74) is -0.960. The summed E-state index contributed by atoms with van der Waals surface area (Å²) in [7, 11) is 1.46. The summed E-state index contributed by atoms with van der Waals surface area (Å²) in [4.78, 5) is 24.0. The number of fused-ring (bicyclic) bond motifs is 1. The molecule has 62 valence electrons. The summed E-state index contributed by atoms with van der Waals surface area (Å²) in [6, 6.07) is 0. The van der Waals surface area contributed by atoms with Crippen LogP contribution in [-0.2, 0) is 7.05 Å². The van der Waals surface area contributed by atoms with E-state index < -0.39 is 11.2 Å². The molecule has 0 saturated heterocycles. The van der Waals surface area contributed by atoms with E-state index in [2.05, 4.69) is 19.9 Å². The van der Waals surface area contributed by atoms with Gasteiger partial charge in [-0.3, -0.25) is 14.3 Å². The Hall–Kier alpha value is -1.92. The monoisotopic (exact) mass is 168 g/mol. The van der Waals surface area contributed by atoms with E-state index in [0.717, 1.165) is 4.57 Å². The molecule has 0 amide bonds. The van der Waals surface area contributed by atoms with E-state index in [4.69, 9.17) is 0 Å². The van der Waals surface area contributed by atoms with Crippen LogP contribution in [0.4, 0.5) is 0 Å². The van der Waals surface area contributed by atoms with Crippen molar-refractivity contribution < 1.29 is 4.63 Å². The van der Waals surface area contributed by atoms with Gasteiger partial charge in [0.25, 0.3) is 5.56 Å². The minimum atomic E-state index is -0.589. The number of nitrogens with zero attached hydrogens (tertiary/aromatic N) is 3. The predicted octanol–water partition coefficient (Wildman–Crippen LogP) is -1.39. The number of aromatic amines is 1. The van der Waals surface area contributed by atoms with Gasteiger partial charge >= 0.3 is 5.69 Å². The Morgan fingerprint density at radius 3 is 2.92 bits per heavy atom. The van der Waals surface area contributed by atoms with Crippen molar-refractivity contribution in [1.82, 2.24) is 19.9 Å². The summed E-state index contributed by atoms with van der Waals surface area (Å²) in [6.07, 6.45) is 0. The normalized spacial score (nSPS) is 10.8. The van der Waals surface area contributed by atoms with Crippen molar-refractivity contribution in [3.05, 3.63) is 20.8 Å². The molecule has 0 aliphatic rings. The third-order valence-electron chi connectivity index (χ3n) is 1.53. The average Bonchev–Trinajstić information content (AvgIpc) is 2.48. The SMILES string of the molecule is Cn1c(=O)[nH]c(=O)c2nonc21. The molecule has 2 aromatic rings. The molecular formula is C5H4N4O3. The van der Waals surface area contributed by atoms with Gasteiger partial charge in [0.05, 0.1) is 0 Å². The smallest absolute Gasteiger partial charge is 0.276 e. The standard InChI is InChI=1S/C5H4N4O3/c1-9-3-2(7-12-8-3)4(10)6-5(9)11/h1H3,(H,6,10,11). The fourth-order valence-electron chi connectivity index (χ4n) is 0.883. The van der Waals surface area contributed by atoms with Crippen LogP contribution in [0.3, 0.4) is 0 Å². The molecule has 0 aliphatic heterocycles. The van der Waals surface area contributed by atoms with Crippen LogP contribution < -0.4 is 11.2 Å². The van der Waals surface area contributed by atoms with Gasteiger partial charge in [-0.1, -0.05) is 0 Å². The highest BCUT2D eigenvalue weighted by atomic mass is 16.6. The molecule has 0 spiro atoms. The summed E-state index contributed by atoms with van der Waals surface area (Å²) in [5, 5.41) is 6.73. The first kappa shape index (κ1) is 6.77. The fourth-order valence-corrected chi connectivity index (χ4v) is 0.883. The van der Waals surface area contributed by atoms with Crippen LogP contribution in [0.5, 0.6) is 0 Å². The van der Waals surface area contributed by atoms with Crippen molar-refractivity contribution in [2.75, 3.05) is 0 Å². The van der Waals surface area contributed by atoms with Crippen molar-refractivity contribution in [2.45, 2.75) is 0 Å². The van der Waals surface area contributed by atoms with Crippen molar-refractivity contribution in [3.8, 4) is 0 Å². The van der Waals surface area contributed by atoms with Crippen molar-refractivity contribution in [1.29, 1.82) is 0 Å². The van der Waals surface area contributed by atoms with Gasteiger partial charge in [0.1, 0.15) is 0 Å². The Balaban J connectivity index is 3.18. The zero-order valence-corrected chi connectivity index (χ0v) is 6.07. The molecule has 7 heteroatoms. The lowest BCUT2D eigenvalue weighted by Crippen LogP contribution is -2.28. The first-order valence-electron chi connectivity index (χ1n) is 3.12. The lowest BCUT2D eigenvalue weighted by atomic mass is 10.5. The van der Waals surface area contributed by atoms with Crippen LogP contribution in [0, 0.1) is 0 Å². The highest BCUT2D eigenvalue weighted by Gasteiger charge is 2.08. The second-order valence-electron chi connectivity index (χ2n) is 2.25. The average molecular weight is 168 g/mol. The number of nitrogens with one attached hydrogen (secondary N) is 1. The van der Waals surface area contributed by atoms with Crippen LogP contribution in [0.25, 0.3) is 11.2 Å². The topological polar surface area (TPSA) is 93.8 Å². The molecule has 0 aliphatic carbocycles. The lowest BCUT2D eigenvalue weighted by molar-refractivity contribution is 0.313. The molecule has 0 radical (unpaired) electrons. The van der Waals surface area contributed by atoms with E-state index in [1.165, 1.54) is 7.05 Å². The van der Waals surface area contributed by atoms with E-state index in [0.29, 0.717) is 0 Å². The molecule has 2 rings (SSSR count). The Kier molecular flexibility index (Phi) is 1.15. The number of H-pyrrole nitrogens is 1. The zero-order chi connectivity index (χ0) is 8.72. The Morgan fingerprint density at radius 1 is 1.42 bits per heavy atom. The first-order valence-corrected chi connectivity index (χ1v) is 3.12. The fraction of sp³-hybridized carbons (Fsp3) is 0.200. The molecule has 0 unspecified atom stereocenters. The van der Waals surface area contributed by atoms with E-state index >= 15 is 0 Å². The minimum Gasteiger partial charge on any atom is -0.276 e. The highest BCUT2D eigenvalue weighted by Crippen LogP contribution is 1.96. The molecule has 7 nitrogen and oxygen atoms in total. The molecule has 0 bridgehead atoms. The molecule has 2 aromatic heterocycles. The molecule has 1 N–H and O–H groups in total. The summed E-state index contributed by atoms with van der Waals surface area (Å²) in [5.74, 6) is 0. The maximum absolute atomic E-state index is 11.0. The van der Waals surface area contributed by atoms with E-state index in [9.17, 15) is 9.59 Å². The second-order valence-corrected chi connectivity index (χ2v) is 2.25. The van der Waals surface area contributed by atoms with Crippen molar-refractivity contribution in [3.63, 3.8) is 0 Å². The van der Waals surface area contributed by atoms with Crippen LogP contribution in [0.1, 0.15) is 0 Å². The largest absolute Gasteiger partial charge is 0.329 e. The summed E-state index contributed by atoms with van der Waals surface area (Å²) in [6.45, 7) is 0. The zero-order valence-electron chi connectivity index (χ0n) is 6.07. The van der Waals surface area contributed by atoms with Crippen LogP contribution in [0.15, 0.2) is 14.2 Å². The third-order valence-corrected chi connectivity index (χ3v) is 1.53. The minimum absolute atomic E-state index is 0.0251. The Bertz CT molecular complexity index is 533. The van der Waals surface area contributed by atoms with E-state index in [-0.39, 0.29) is 11.2 Å². The van der Waals surface area contributed by atoms with Crippen molar-refractivity contribution >= 4 is 11.2 Å². The number of hydrogen-bond acceptors (Lipinski definition) is 5. The highest BCUT2D eigenvalue weighted by molar-refractivity contribution is 5.66. The number of aryl methyl sites for hydroxylation is 1. The predicted molar refractivity (Wildman–Crippen MR) is 37.7 cm³/mol. The van der Waals surface area contributed by atoms with E-state index in [1.54, 1.807) is 0 Å². The second kappa shape index (κ2) is 2.03. The van der Waals surface area contributed by atoms with Gasteiger partial charge in [0.15, 0.2) is 0 Å². The summed E-state index contributed by atoms with van der Waals surface area (Å²) >= 11 is 0. The molecule has 0 aromatic carbocycles. The van der Waals surface area contributed by atoms with Gasteiger partial charge in [-0.25, -0.2) is 9.42 Å². The molecule has 0 atom stereocenters. The Morgan fingerprint density at radius 2 is 2.17 bits per heavy atom. The molecular weight excluding hydrogens is 164 g/mol. The molecule has 12 heavy (non-hydrogen) atoms.